The zero-order chi connectivity index (χ0) is 20.2. The van der Waals surface area contributed by atoms with Crippen molar-refractivity contribution in [3.63, 3.8) is 0 Å². The molecule has 0 aliphatic carbocycles. The average Bonchev–Trinajstić information content (AvgIpc) is 2.93. The summed E-state index contributed by atoms with van der Waals surface area (Å²) in [6.45, 7) is 2.00. The SMILES string of the molecule is O=C(Nc1ccccc1N1CCCCCC1)c1ccc(N2C(=O)CCC2=O)cc1. The number of anilines is 3. The average molecular weight is 391 g/mol. The minimum atomic E-state index is -0.210. The second-order valence-corrected chi connectivity index (χ2v) is 7.54. The van der Waals surface area contributed by atoms with Gasteiger partial charge in [0.1, 0.15) is 0 Å². The Kier molecular flexibility index (Phi) is 5.60. The molecule has 150 valence electrons. The monoisotopic (exact) mass is 391 g/mol. The Labute approximate surface area is 170 Å². The molecule has 3 amide bonds. The van der Waals surface area contributed by atoms with Gasteiger partial charge < -0.3 is 10.2 Å². The van der Waals surface area contributed by atoms with Crippen molar-refractivity contribution in [3.8, 4) is 0 Å². The van der Waals surface area contributed by atoms with Crippen LogP contribution in [0, 0.1) is 0 Å². The van der Waals surface area contributed by atoms with Gasteiger partial charge >= 0.3 is 0 Å². The van der Waals surface area contributed by atoms with Gasteiger partial charge in [-0.3, -0.25) is 19.3 Å². The van der Waals surface area contributed by atoms with E-state index in [9.17, 15) is 14.4 Å². The summed E-state index contributed by atoms with van der Waals surface area (Å²) < 4.78 is 0. The molecule has 1 N–H and O–H groups in total. The number of hydrogen-bond acceptors (Lipinski definition) is 4. The summed E-state index contributed by atoms with van der Waals surface area (Å²) in [4.78, 5) is 40.1. The molecule has 2 aromatic rings. The first-order valence-electron chi connectivity index (χ1n) is 10.2. The molecule has 0 aromatic heterocycles. The quantitative estimate of drug-likeness (QED) is 0.801. The molecular formula is C23H25N3O3. The van der Waals surface area contributed by atoms with Crippen LogP contribution in [0.1, 0.15) is 48.9 Å². The highest BCUT2D eigenvalue weighted by Crippen LogP contribution is 2.29. The van der Waals surface area contributed by atoms with E-state index in [0.717, 1.165) is 37.3 Å². The van der Waals surface area contributed by atoms with E-state index in [-0.39, 0.29) is 30.6 Å². The maximum atomic E-state index is 12.8. The standard InChI is InChI=1S/C23H25N3O3/c27-21-13-14-22(28)26(21)18-11-9-17(10-12-18)23(29)24-19-7-3-4-8-20(19)25-15-5-1-2-6-16-25/h3-4,7-12H,1-2,5-6,13-16H2,(H,24,29). The number of carbonyl (C=O) groups is 3. The van der Waals surface area contributed by atoms with E-state index in [1.165, 1.54) is 17.7 Å². The number of hydrogen-bond donors (Lipinski definition) is 1. The largest absolute Gasteiger partial charge is 0.370 e. The van der Waals surface area contributed by atoms with Crippen molar-refractivity contribution in [2.75, 3.05) is 28.2 Å². The first kappa shape index (κ1) is 19.2. The molecule has 0 unspecified atom stereocenters. The second-order valence-electron chi connectivity index (χ2n) is 7.54. The Morgan fingerprint density at radius 2 is 1.41 bits per heavy atom. The Morgan fingerprint density at radius 1 is 0.793 bits per heavy atom. The van der Waals surface area contributed by atoms with Crippen LogP contribution in [0.5, 0.6) is 0 Å². The molecule has 29 heavy (non-hydrogen) atoms. The normalized spacial score (nSPS) is 17.4. The molecule has 2 fully saturated rings. The highest BCUT2D eigenvalue weighted by atomic mass is 16.2. The molecule has 2 aliphatic heterocycles. The van der Waals surface area contributed by atoms with Gasteiger partial charge in [0.2, 0.25) is 11.8 Å². The smallest absolute Gasteiger partial charge is 0.255 e. The summed E-state index contributed by atoms with van der Waals surface area (Å²) in [6.07, 6.45) is 5.32. The van der Waals surface area contributed by atoms with Crippen LogP contribution in [0.3, 0.4) is 0 Å². The van der Waals surface area contributed by atoms with Crippen molar-refractivity contribution in [2.45, 2.75) is 38.5 Å². The Hall–Kier alpha value is -3.15. The molecule has 2 saturated heterocycles. The van der Waals surface area contributed by atoms with Gasteiger partial charge in [0.05, 0.1) is 17.1 Å². The molecule has 4 rings (SSSR count). The molecular weight excluding hydrogens is 366 g/mol. The van der Waals surface area contributed by atoms with E-state index in [2.05, 4.69) is 16.3 Å². The van der Waals surface area contributed by atoms with E-state index in [1.807, 2.05) is 18.2 Å². The Morgan fingerprint density at radius 3 is 2.07 bits per heavy atom. The van der Waals surface area contributed by atoms with Crippen molar-refractivity contribution in [1.29, 1.82) is 0 Å². The molecule has 6 nitrogen and oxygen atoms in total. The first-order chi connectivity index (χ1) is 14.1. The van der Waals surface area contributed by atoms with Gasteiger partial charge in [0.25, 0.3) is 5.91 Å². The Bertz CT molecular complexity index is 899. The number of carbonyl (C=O) groups excluding carboxylic acids is 3. The third-order valence-electron chi connectivity index (χ3n) is 5.54. The van der Waals surface area contributed by atoms with Gasteiger partial charge in [-0.25, -0.2) is 0 Å². The summed E-state index contributed by atoms with van der Waals surface area (Å²) in [6, 6.07) is 14.5. The van der Waals surface area contributed by atoms with Crippen molar-refractivity contribution >= 4 is 34.8 Å². The highest BCUT2D eigenvalue weighted by molar-refractivity contribution is 6.20. The van der Waals surface area contributed by atoms with Gasteiger partial charge in [0.15, 0.2) is 0 Å². The lowest BCUT2D eigenvalue weighted by Crippen LogP contribution is -2.28. The van der Waals surface area contributed by atoms with E-state index < -0.39 is 0 Å². The number of para-hydroxylation sites is 2. The maximum absolute atomic E-state index is 12.8. The minimum absolute atomic E-state index is 0.196. The van der Waals surface area contributed by atoms with Crippen LogP contribution >= 0.6 is 0 Å². The topological polar surface area (TPSA) is 69.7 Å². The van der Waals surface area contributed by atoms with Gasteiger partial charge in [0, 0.05) is 31.5 Å². The third-order valence-corrected chi connectivity index (χ3v) is 5.54. The fraction of sp³-hybridized carbons (Fsp3) is 0.348. The van der Waals surface area contributed by atoms with Crippen LogP contribution in [0.4, 0.5) is 17.1 Å². The lowest BCUT2D eigenvalue weighted by atomic mass is 10.1. The molecule has 0 saturated carbocycles. The fourth-order valence-electron chi connectivity index (χ4n) is 3.99. The van der Waals surface area contributed by atoms with Crippen LogP contribution in [0.2, 0.25) is 0 Å². The van der Waals surface area contributed by atoms with Crippen LogP contribution < -0.4 is 15.1 Å². The predicted octanol–water partition coefficient (Wildman–Crippen LogP) is 3.97. The lowest BCUT2D eigenvalue weighted by Gasteiger charge is -2.25. The third kappa shape index (κ3) is 4.16. The zero-order valence-corrected chi connectivity index (χ0v) is 16.4. The molecule has 0 bridgehead atoms. The van der Waals surface area contributed by atoms with Crippen LogP contribution in [0.15, 0.2) is 48.5 Å². The predicted molar refractivity (Wildman–Crippen MR) is 113 cm³/mol. The molecule has 2 aliphatic rings. The number of nitrogens with zero attached hydrogens (tertiary/aromatic N) is 2. The first-order valence-corrected chi connectivity index (χ1v) is 10.2. The van der Waals surface area contributed by atoms with Crippen molar-refractivity contribution < 1.29 is 14.4 Å². The number of nitrogens with one attached hydrogen (secondary N) is 1. The van der Waals surface area contributed by atoms with Gasteiger partial charge in [-0.2, -0.15) is 0 Å². The summed E-state index contributed by atoms with van der Waals surface area (Å²) in [7, 11) is 0. The van der Waals surface area contributed by atoms with Crippen molar-refractivity contribution in [2.24, 2.45) is 0 Å². The molecule has 2 heterocycles. The van der Waals surface area contributed by atoms with E-state index in [1.54, 1.807) is 24.3 Å². The van der Waals surface area contributed by atoms with Gasteiger partial charge in [-0.1, -0.05) is 25.0 Å². The number of rotatable bonds is 4. The van der Waals surface area contributed by atoms with Crippen LogP contribution in [-0.4, -0.2) is 30.8 Å². The molecule has 0 atom stereocenters. The van der Waals surface area contributed by atoms with Gasteiger partial charge in [-0.05, 0) is 49.2 Å². The van der Waals surface area contributed by atoms with E-state index in [4.69, 9.17) is 0 Å². The molecule has 6 heteroatoms. The van der Waals surface area contributed by atoms with Crippen molar-refractivity contribution in [3.05, 3.63) is 54.1 Å². The lowest BCUT2D eigenvalue weighted by molar-refractivity contribution is -0.121. The summed E-state index contributed by atoms with van der Waals surface area (Å²) in [5.41, 5.74) is 2.85. The molecule has 0 radical (unpaired) electrons. The molecule has 0 spiro atoms. The van der Waals surface area contributed by atoms with Crippen LogP contribution in [-0.2, 0) is 9.59 Å². The number of amides is 3. The fourth-order valence-corrected chi connectivity index (χ4v) is 3.99. The zero-order valence-electron chi connectivity index (χ0n) is 16.4. The van der Waals surface area contributed by atoms with Crippen molar-refractivity contribution in [1.82, 2.24) is 0 Å². The van der Waals surface area contributed by atoms with E-state index >= 15 is 0 Å². The van der Waals surface area contributed by atoms with Crippen LogP contribution in [0.25, 0.3) is 0 Å². The second kappa shape index (κ2) is 8.47. The summed E-state index contributed by atoms with van der Waals surface area (Å²) in [5.74, 6) is -0.602. The van der Waals surface area contributed by atoms with E-state index in [0.29, 0.717) is 11.3 Å². The maximum Gasteiger partial charge on any atom is 0.255 e. The minimum Gasteiger partial charge on any atom is -0.370 e. The Balaban J connectivity index is 1.50. The van der Waals surface area contributed by atoms with Gasteiger partial charge in [-0.15, -0.1) is 0 Å². The number of benzene rings is 2. The molecule has 2 aromatic carbocycles. The summed E-state index contributed by atoms with van der Waals surface area (Å²) >= 11 is 0. The highest BCUT2D eigenvalue weighted by Gasteiger charge is 2.30. The summed E-state index contributed by atoms with van der Waals surface area (Å²) in [5, 5.41) is 3.02. The number of imide groups is 1.